The van der Waals surface area contributed by atoms with E-state index in [9.17, 15) is 9.59 Å². The number of Topliss-reactive ketones (excluding diaryl/α,β-unsaturated/α-hetero) is 1. The molecular weight excluding hydrogens is 256 g/mol. The molecule has 0 bridgehead atoms. The van der Waals surface area contributed by atoms with Gasteiger partial charge in [-0.3, -0.25) is 4.79 Å². The molecule has 0 spiro atoms. The first-order chi connectivity index (χ1) is 9.54. The average Bonchev–Trinajstić information content (AvgIpc) is 2.74. The standard InChI is InChI=1S/C16H16O4/c1-10(17)9-13-15(12-7-5-4-6-8-12)14(11(2)20-13)16(18)19-3/h4-8H,9H2,1-3H3. The molecule has 1 aromatic carbocycles. The predicted molar refractivity (Wildman–Crippen MR) is 74.6 cm³/mol. The summed E-state index contributed by atoms with van der Waals surface area (Å²) in [6.45, 7) is 3.19. The molecule has 0 aliphatic heterocycles. The molecule has 0 aliphatic carbocycles. The number of ether oxygens (including phenoxy) is 1. The number of benzene rings is 1. The molecule has 0 amide bonds. The number of carbonyl (C=O) groups is 2. The maximum atomic E-state index is 12.0. The quantitative estimate of drug-likeness (QED) is 0.802. The van der Waals surface area contributed by atoms with Crippen LogP contribution in [0.1, 0.15) is 28.8 Å². The van der Waals surface area contributed by atoms with Gasteiger partial charge >= 0.3 is 5.97 Å². The molecular formula is C16H16O4. The highest BCUT2D eigenvalue weighted by Gasteiger charge is 2.25. The molecule has 1 aromatic heterocycles. The first kappa shape index (κ1) is 14.1. The van der Waals surface area contributed by atoms with Gasteiger partial charge < -0.3 is 9.15 Å². The maximum Gasteiger partial charge on any atom is 0.342 e. The van der Waals surface area contributed by atoms with Crippen molar-refractivity contribution in [3.63, 3.8) is 0 Å². The molecule has 0 fully saturated rings. The Morgan fingerprint density at radius 3 is 2.40 bits per heavy atom. The molecule has 0 unspecified atom stereocenters. The molecule has 0 radical (unpaired) electrons. The van der Waals surface area contributed by atoms with E-state index < -0.39 is 5.97 Å². The van der Waals surface area contributed by atoms with E-state index in [2.05, 4.69) is 0 Å². The van der Waals surface area contributed by atoms with Crippen molar-refractivity contribution in [2.24, 2.45) is 0 Å². The molecule has 4 heteroatoms. The van der Waals surface area contributed by atoms with E-state index in [4.69, 9.17) is 9.15 Å². The molecule has 0 saturated heterocycles. The summed E-state index contributed by atoms with van der Waals surface area (Å²) in [5.41, 5.74) is 1.86. The number of hydrogen-bond donors (Lipinski definition) is 0. The van der Waals surface area contributed by atoms with Crippen LogP contribution in [0.15, 0.2) is 34.7 Å². The number of aryl methyl sites for hydroxylation is 1. The van der Waals surface area contributed by atoms with Crippen molar-refractivity contribution in [2.75, 3.05) is 7.11 Å². The van der Waals surface area contributed by atoms with Crippen LogP contribution in [0, 0.1) is 6.92 Å². The summed E-state index contributed by atoms with van der Waals surface area (Å²) in [6, 6.07) is 9.38. The van der Waals surface area contributed by atoms with Crippen molar-refractivity contribution in [2.45, 2.75) is 20.3 Å². The Kier molecular flexibility index (Phi) is 4.03. The van der Waals surface area contributed by atoms with Crippen LogP contribution in [0.4, 0.5) is 0 Å². The van der Waals surface area contributed by atoms with E-state index in [1.807, 2.05) is 30.3 Å². The van der Waals surface area contributed by atoms with Gasteiger partial charge in [0.25, 0.3) is 0 Å². The number of esters is 1. The summed E-state index contributed by atoms with van der Waals surface area (Å²) in [4.78, 5) is 23.3. The van der Waals surface area contributed by atoms with E-state index in [0.29, 0.717) is 22.6 Å². The number of hydrogen-bond acceptors (Lipinski definition) is 4. The molecule has 2 aromatic rings. The van der Waals surface area contributed by atoms with E-state index in [1.54, 1.807) is 6.92 Å². The van der Waals surface area contributed by atoms with Gasteiger partial charge in [0.1, 0.15) is 22.9 Å². The number of furan rings is 1. The fourth-order valence-corrected chi connectivity index (χ4v) is 2.21. The van der Waals surface area contributed by atoms with Gasteiger partial charge in [0.15, 0.2) is 0 Å². The van der Waals surface area contributed by atoms with Crippen LogP contribution in [-0.4, -0.2) is 18.9 Å². The molecule has 1 heterocycles. The maximum absolute atomic E-state index is 12.0. The van der Waals surface area contributed by atoms with Crippen LogP contribution >= 0.6 is 0 Å². The highest BCUT2D eigenvalue weighted by Crippen LogP contribution is 2.33. The Hall–Kier alpha value is -2.36. The molecule has 0 aliphatic rings. The normalized spacial score (nSPS) is 10.3. The number of carbonyl (C=O) groups excluding carboxylic acids is 2. The Morgan fingerprint density at radius 2 is 1.85 bits per heavy atom. The molecule has 104 valence electrons. The van der Waals surface area contributed by atoms with Crippen molar-refractivity contribution < 1.29 is 18.7 Å². The zero-order valence-corrected chi connectivity index (χ0v) is 11.7. The topological polar surface area (TPSA) is 56.5 Å². The zero-order chi connectivity index (χ0) is 14.7. The second-order valence-electron chi connectivity index (χ2n) is 4.57. The summed E-state index contributed by atoms with van der Waals surface area (Å²) in [7, 11) is 1.33. The molecule has 0 atom stereocenters. The Morgan fingerprint density at radius 1 is 1.20 bits per heavy atom. The molecule has 2 rings (SSSR count). The third kappa shape index (κ3) is 2.64. The summed E-state index contributed by atoms with van der Waals surface area (Å²) in [5.74, 6) is 0.487. The van der Waals surface area contributed by atoms with Crippen LogP contribution in [0.25, 0.3) is 11.1 Å². The van der Waals surface area contributed by atoms with Crippen molar-refractivity contribution in [1.82, 2.24) is 0 Å². The van der Waals surface area contributed by atoms with Gasteiger partial charge in [-0.25, -0.2) is 4.79 Å². The highest BCUT2D eigenvalue weighted by atomic mass is 16.5. The van der Waals surface area contributed by atoms with Gasteiger partial charge in [0, 0.05) is 5.56 Å². The number of rotatable bonds is 4. The van der Waals surface area contributed by atoms with Gasteiger partial charge in [-0.15, -0.1) is 0 Å². The fraction of sp³-hybridized carbons (Fsp3) is 0.250. The fourth-order valence-electron chi connectivity index (χ4n) is 2.21. The Balaban J connectivity index is 2.66. The van der Waals surface area contributed by atoms with E-state index >= 15 is 0 Å². The van der Waals surface area contributed by atoms with Crippen LogP contribution in [0.3, 0.4) is 0 Å². The van der Waals surface area contributed by atoms with Crippen molar-refractivity contribution in [3.8, 4) is 11.1 Å². The van der Waals surface area contributed by atoms with E-state index in [1.165, 1.54) is 14.0 Å². The van der Waals surface area contributed by atoms with Crippen molar-refractivity contribution in [3.05, 3.63) is 47.4 Å². The minimum absolute atomic E-state index is 0.0210. The van der Waals surface area contributed by atoms with Gasteiger partial charge in [0.2, 0.25) is 0 Å². The molecule has 0 N–H and O–H groups in total. The lowest BCUT2D eigenvalue weighted by Gasteiger charge is -2.04. The van der Waals surface area contributed by atoms with Gasteiger partial charge in [-0.1, -0.05) is 30.3 Å². The summed E-state index contributed by atoms with van der Waals surface area (Å²) >= 11 is 0. The SMILES string of the molecule is COC(=O)c1c(C)oc(CC(C)=O)c1-c1ccccc1. The molecule has 4 nitrogen and oxygen atoms in total. The number of methoxy groups -OCH3 is 1. The summed E-state index contributed by atoms with van der Waals surface area (Å²) in [6.07, 6.45) is 0.155. The Labute approximate surface area is 117 Å². The zero-order valence-electron chi connectivity index (χ0n) is 11.7. The van der Waals surface area contributed by atoms with Crippen LogP contribution in [-0.2, 0) is 16.0 Å². The first-order valence-electron chi connectivity index (χ1n) is 6.30. The lowest BCUT2D eigenvalue weighted by Crippen LogP contribution is -2.04. The lowest BCUT2D eigenvalue weighted by atomic mass is 9.98. The second-order valence-corrected chi connectivity index (χ2v) is 4.57. The van der Waals surface area contributed by atoms with Crippen molar-refractivity contribution in [1.29, 1.82) is 0 Å². The van der Waals surface area contributed by atoms with Crippen molar-refractivity contribution >= 4 is 11.8 Å². The van der Waals surface area contributed by atoms with Gasteiger partial charge in [-0.05, 0) is 19.4 Å². The summed E-state index contributed by atoms with van der Waals surface area (Å²) < 4.78 is 10.4. The molecule has 0 saturated carbocycles. The highest BCUT2D eigenvalue weighted by molar-refractivity contribution is 5.99. The van der Waals surface area contributed by atoms with Gasteiger partial charge in [0.05, 0.1) is 13.5 Å². The summed E-state index contributed by atoms with van der Waals surface area (Å²) in [5, 5.41) is 0. The minimum atomic E-state index is -0.458. The predicted octanol–water partition coefficient (Wildman–Crippen LogP) is 3.17. The largest absolute Gasteiger partial charge is 0.465 e. The first-order valence-corrected chi connectivity index (χ1v) is 6.30. The molecule has 20 heavy (non-hydrogen) atoms. The second kappa shape index (κ2) is 5.74. The van der Waals surface area contributed by atoms with Gasteiger partial charge in [-0.2, -0.15) is 0 Å². The van der Waals surface area contributed by atoms with Crippen LogP contribution in [0.2, 0.25) is 0 Å². The third-order valence-corrected chi connectivity index (χ3v) is 3.02. The van der Waals surface area contributed by atoms with E-state index in [0.717, 1.165) is 5.56 Å². The minimum Gasteiger partial charge on any atom is -0.465 e. The smallest absolute Gasteiger partial charge is 0.342 e. The Bertz CT molecular complexity index is 638. The lowest BCUT2D eigenvalue weighted by molar-refractivity contribution is -0.116. The number of ketones is 1. The third-order valence-electron chi connectivity index (χ3n) is 3.02. The monoisotopic (exact) mass is 272 g/mol. The van der Waals surface area contributed by atoms with Crippen LogP contribution < -0.4 is 0 Å². The average molecular weight is 272 g/mol. The van der Waals surface area contributed by atoms with E-state index in [-0.39, 0.29) is 12.2 Å². The van der Waals surface area contributed by atoms with Crippen LogP contribution in [0.5, 0.6) is 0 Å².